The maximum absolute atomic E-state index is 13.5. The Bertz CT molecular complexity index is 2000. The van der Waals surface area contributed by atoms with Crippen LogP contribution in [0, 0.1) is 6.92 Å². The molecule has 0 saturated carbocycles. The molecule has 0 aliphatic carbocycles. The molecule has 4 heterocycles. The van der Waals surface area contributed by atoms with E-state index in [1.165, 1.54) is 10.8 Å². The number of rotatable bonds is 5. The summed E-state index contributed by atoms with van der Waals surface area (Å²) < 4.78 is 31.3. The summed E-state index contributed by atoms with van der Waals surface area (Å²) in [7, 11) is -2.37. The molecule has 0 fully saturated rings. The quantitative estimate of drug-likeness (QED) is 0.305. The van der Waals surface area contributed by atoms with E-state index in [4.69, 9.17) is 11.6 Å². The van der Waals surface area contributed by atoms with Gasteiger partial charge >= 0.3 is 0 Å². The lowest BCUT2D eigenvalue weighted by Crippen LogP contribution is -2.22. The van der Waals surface area contributed by atoms with Gasteiger partial charge in [0.2, 0.25) is 0 Å². The Labute approximate surface area is 223 Å². The second-order valence-electron chi connectivity index (χ2n) is 9.21. The lowest BCUT2D eigenvalue weighted by atomic mass is 10.1. The smallest absolute Gasteiger partial charge is 0.275 e. The van der Waals surface area contributed by atoms with Crippen LogP contribution in [-0.4, -0.2) is 31.7 Å². The van der Waals surface area contributed by atoms with Crippen LogP contribution in [0.4, 0.5) is 0 Å². The SMILES string of the molecule is Cc1ccc(S(=O)(=O)n2ccc3c(-c4cnc5cnn(Cc6ccc(Cl)cc6)c5c4)cn(C)c(=O)c32)cc1. The Morgan fingerprint density at radius 1 is 0.974 bits per heavy atom. The van der Waals surface area contributed by atoms with Crippen LogP contribution < -0.4 is 5.56 Å². The van der Waals surface area contributed by atoms with Crippen molar-refractivity contribution in [2.24, 2.45) is 7.05 Å². The number of pyridine rings is 2. The highest BCUT2D eigenvalue weighted by molar-refractivity contribution is 7.90. The maximum Gasteiger partial charge on any atom is 0.275 e. The van der Waals surface area contributed by atoms with Gasteiger partial charge in [0.05, 0.1) is 23.2 Å². The van der Waals surface area contributed by atoms with Crippen molar-refractivity contribution in [2.45, 2.75) is 18.4 Å². The Morgan fingerprint density at radius 3 is 2.45 bits per heavy atom. The molecule has 0 aliphatic rings. The normalized spacial score (nSPS) is 12.0. The highest BCUT2D eigenvalue weighted by Crippen LogP contribution is 2.31. The highest BCUT2D eigenvalue weighted by Gasteiger charge is 2.23. The topological polar surface area (TPSA) is 91.8 Å². The minimum Gasteiger partial charge on any atom is -0.316 e. The van der Waals surface area contributed by atoms with Crippen LogP contribution in [-0.2, 0) is 23.6 Å². The molecule has 0 amide bonds. The third-order valence-electron chi connectivity index (χ3n) is 6.62. The number of nitrogens with zero attached hydrogens (tertiary/aromatic N) is 5. The van der Waals surface area contributed by atoms with E-state index in [1.807, 2.05) is 41.9 Å². The second kappa shape index (κ2) is 8.97. The summed E-state index contributed by atoms with van der Waals surface area (Å²) in [4.78, 5) is 17.9. The number of benzene rings is 2. The summed E-state index contributed by atoms with van der Waals surface area (Å²) >= 11 is 6.02. The maximum atomic E-state index is 13.5. The number of aryl methyl sites for hydroxylation is 2. The van der Waals surface area contributed by atoms with Crippen molar-refractivity contribution in [1.82, 2.24) is 23.3 Å². The molecule has 38 heavy (non-hydrogen) atoms. The van der Waals surface area contributed by atoms with E-state index in [-0.39, 0.29) is 10.4 Å². The van der Waals surface area contributed by atoms with E-state index < -0.39 is 15.6 Å². The van der Waals surface area contributed by atoms with Crippen molar-refractivity contribution >= 4 is 43.6 Å². The van der Waals surface area contributed by atoms with Crippen LogP contribution in [0.25, 0.3) is 33.1 Å². The molecule has 6 rings (SSSR count). The fourth-order valence-corrected chi connectivity index (χ4v) is 6.05. The van der Waals surface area contributed by atoms with Crippen molar-refractivity contribution in [1.29, 1.82) is 0 Å². The van der Waals surface area contributed by atoms with Gasteiger partial charge in [0.1, 0.15) is 11.0 Å². The van der Waals surface area contributed by atoms with Gasteiger partial charge in [0, 0.05) is 47.2 Å². The van der Waals surface area contributed by atoms with Crippen molar-refractivity contribution in [3.8, 4) is 11.1 Å². The molecular weight excluding hydrogens is 522 g/mol. The Morgan fingerprint density at radius 2 is 1.71 bits per heavy atom. The minimum absolute atomic E-state index is 0.0837. The molecule has 0 saturated heterocycles. The van der Waals surface area contributed by atoms with Gasteiger partial charge in [-0.05, 0) is 48.9 Å². The first-order chi connectivity index (χ1) is 18.2. The number of fused-ring (bicyclic) bond motifs is 2. The van der Waals surface area contributed by atoms with E-state index >= 15 is 0 Å². The van der Waals surface area contributed by atoms with Gasteiger partial charge in [0.25, 0.3) is 15.6 Å². The fourth-order valence-electron chi connectivity index (χ4n) is 4.58. The zero-order chi connectivity index (χ0) is 26.6. The van der Waals surface area contributed by atoms with Crippen molar-refractivity contribution in [3.05, 3.63) is 112 Å². The second-order valence-corrected chi connectivity index (χ2v) is 11.5. The molecule has 0 radical (unpaired) electrons. The molecule has 190 valence electrons. The minimum atomic E-state index is -3.98. The van der Waals surface area contributed by atoms with E-state index in [0.29, 0.717) is 22.5 Å². The first-order valence-corrected chi connectivity index (χ1v) is 13.6. The molecule has 0 unspecified atom stereocenters. The van der Waals surface area contributed by atoms with Gasteiger partial charge in [-0.15, -0.1) is 0 Å². The van der Waals surface area contributed by atoms with E-state index in [2.05, 4.69) is 10.1 Å². The average molecular weight is 544 g/mol. The van der Waals surface area contributed by atoms with Crippen LogP contribution in [0.3, 0.4) is 0 Å². The standard InChI is InChI=1S/C28H22ClN5O3S/c1-18-3-9-22(10-4-18)38(36,37)34-12-11-23-24(17-32(2)28(35)27(23)34)20-13-26-25(30-14-20)15-31-33(26)16-19-5-7-21(29)8-6-19/h3-15,17H,16H2,1-2H3. The van der Waals surface area contributed by atoms with Crippen LogP contribution >= 0.6 is 11.6 Å². The summed E-state index contributed by atoms with van der Waals surface area (Å²) in [6.07, 6.45) is 6.55. The van der Waals surface area contributed by atoms with Crippen LogP contribution in [0.1, 0.15) is 11.1 Å². The van der Waals surface area contributed by atoms with Crippen LogP contribution in [0.2, 0.25) is 5.02 Å². The van der Waals surface area contributed by atoms with Gasteiger partial charge < -0.3 is 4.57 Å². The summed E-state index contributed by atoms with van der Waals surface area (Å²) in [6, 6.07) is 17.7. The lowest BCUT2D eigenvalue weighted by Gasteiger charge is -2.11. The zero-order valence-electron chi connectivity index (χ0n) is 20.5. The van der Waals surface area contributed by atoms with Gasteiger partial charge in [0.15, 0.2) is 0 Å². The fraction of sp³-hybridized carbons (Fsp3) is 0.107. The Hall–Kier alpha value is -4.21. The molecule has 8 nitrogen and oxygen atoms in total. The number of hydrogen-bond donors (Lipinski definition) is 0. The zero-order valence-corrected chi connectivity index (χ0v) is 22.1. The van der Waals surface area contributed by atoms with E-state index in [1.54, 1.807) is 56.0 Å². The van der Waals surface area contributed by atoms with Gasteiger partial charge in [-0.2, -0.15) is 5.10 Å². The molecular formula is C28H22ClN5O3S. The molecule has 0 aliphatic heterocycles. The molecule has 0 atom stereocenters. The Balaban J connectivity index is 1.50. The highest BCUT2D eigenvalue weighted by atomic mass is 35.5. The first kappa shape index (κ1) is 24.1. The summed E-state index contributed by atoms with van der Waals surface area (Å²) in [5.41, 5.74) is 4.61. The predicted molar refractivity (Wildman–Crippen MR) is 148 cm³/mol. The molecule has 6 aromatic rings. The first-order valence-electron chi connectivity index (χ1n) is 11.8. The summed E-state index contributed by atoms with van der Waals surface area (Å²) in [6.45, 7) is 2.41. The van der Waals surface area contributed by atoms with Crippen LogP contribution in [0.5, 0.6) is 0 Å². The Kier molecular flexibility index (Phi) is 5.70. The largest absolute Gasteiger partial charge is 0.316 e. The molecule has 0 N–H and O–H groups in total. The van der Waals surface area contributed by atoms with E-state index in [0.717, 1.165) is 31.7 Å². The molecule has 2 aromatic carbocycles. The molecule has 10 heteroatoms. The average Bonchev–Trinajstić information content (AvgIpc) is 3.53. The summed E-state index contributed by atoms with van der Waals surface area (Å²) in [5, 5.41) is 5.69. The third kappa shape index (κ3) is 4.00. The van der Waals surface area contributed by atoms with Gasteiger partial charge in [-0.1, -0.05) is 41.4 Å². The van der Waals surface area contributed by atoms with Crippen molar-refractivity contribution < 1.29 is 8.42 Å². The third-order valence-corrected chi connectivity index (χ3v) is 8.56. The van der Waals surface area contributed by atoms with Crippen molar-refractivity contribution in [3.63, 3.8) is 0 Å². The monoisotopic (exact) mass is 543 g/mol. The van der Waals surface area contributed by atoms with Crippen molar-refractivity contribution in [2.75, 3.05) is 0 Å². The predicted octanol–water partition coefficient (Wildman–Crippen LogP) is 5.00. The molecule has 0 bridgehead atoms. The molecule has 4 aromatic heterocycles. The van der Waals surface area contributed by atoms with Crippen LogP contribution in [0.15, 0.2) is 95.1 Å². The van der Waals surface area contributed by atoms with Gasteiger partial charge in [-0.25, -0.2) is 12.4 Å². The number of aromatic nitrogens is 5. The lowest BCUT2D eigenvalue weighted by molar-refractivity contribution is 0.589. The number of halogens is 1. The van der Waals surface area contributed by atoms with Gasteiger partial charge in [-0.3, -0.25) is 14.5 Å². The molecule has 0 spiro atoms. The number of hydrogen-bond acceptors (Lipinski definition) is 5. The van der Waals surface area contributed by atoms with E-state index in [9.17, 15) is 13.2 Å². The summed E-state index contributed by atoms with van der Waals surface area (Å²) in [5.74, 6) is 0.